The zero-order valence-corrected chi connectivity index (χ0v) is 23.1. The third-order valence-electron chi connectivity index (χ3n) is 8.23. The normalized spacial score (nSPS) is 18.7. The van der Waals surface area contributed by atoms with Gasteiger partial charge in [0.2, 0.25) is 6.41 Å². The lowest BCUT2D eigenvalue weighted by Gasteiger charge is -2.36. The number of carbonyl (C=O) groups is 1. The number of aliphatic hydroxyl groups excluding tert-OH is 1. The van der Waals surface area contributed by atoms with Gasteiger partial charge in [-0.05, 0) is 86.1 Å². The predicted octanol–water partition coefficient (Wildman–Crippen LogP) is 6.90. The molecule has 5 rings (SSSR count). The average Bonchev–Trinajstić information content (AvgIpc) is 3.44. The molecule has 0 spiro atoms. The number of hydrogen-bond donors (Lipinski definition) is 1. The van der Waals surface area contributed by atoms with Gasteiger partial charge >= 0.3 is 0 Å². The van der Waals surface area contributed by atoms with Crippen LogP contribution in [0, 0.1) is 12.8 Å². The molecule has 2 unspecified atom stereocenters. The number of carbonyl (C=O) groups excluding carboxylic acids is 1. The number of para-hydroxylation sites is 1. The number of amides is 1. The van der Waals surface area contributed by atoms with Crippen molar-refractivity contribution in [2.75, 3.05) is 26.8 Å². The van der Waals surface area contributed by atoms with Crippen LogP contribution in [0.5, 0.6) is 0 Å². The number of aryl methyl sites for hydroxylation is 1. The van der Waals surface area contributed by atoms with E-state index < -0.39 is 0 Å². The molecule has 2 fully saturated rings. The largest absolute Gasteiger partial charge is 0.393 e. The van der Waals surface area contributed by atoms with Gasteiger partial charge in [0.25, 0.3) is 0 Å². The molecule has 5 heteroatoms. The van der Waals surface area contributed by atoms with Crippen LogP contribution in [0.2, 0.25) is 0 Å². The summed E-state index contributed by atoms with van der Waals surface area (Å²) in [6.07, 6.45) is 13.2. The molecule has 204 valence electrons. The Bertz CT molecular complexity index is 1160. The molecule has 1 saturated heterocycles. The second kappa shape index (κ2) is 14.4. The van der Waals surface area contributed by atoms with E-state index >= 15 is 0 Å². The van der Waals surface area contributed by atoms with Gasteiger partial charge < -0.3 is 14.7 Å². The summed E-state index contributed by atoms with van der Waals surface area (Å²) in [5.74, 6) is 0.890. The minimum Gasteiger partial charge on any atom is -0.393 e. The van der Waals surface area contributed by atoms with E-state index in [1.165, 1.54) is 46.9 Å². The highest BCUT2D eigenvalue weighted by atomic mass is 16.5. The highest BCUT2D eigenvalue weighted by Crippen LogP contribution is 2.41. The summed E-state index contributed by atoms with van der Waals surface area (Å²) in [6, 6.07) is 17.3. The first-order valence-corrected chi connectivity index (χ1v) is 14.4. The molecule has 2 heterocycles. The molecule has 1 N–H and O–H groups in total. The van der Waals surface area contributed by atoms with Crippen LogP contribution in [-0.2, 0) is 9.53 Å². The number of aromatic nitrogens is 1. The van der Waals surface area contributed by atoms with Crippen LogP contribution in [0.25, 0.3) is 22.0 Å². The Morgan fingerprint density at radius 2 is 1.89 bits per heavy atom. The van der Waals surface area contributed by atoms with Crippen molar-refractivity contribution in [1.29, 1.82) is 0 Å². The molecule has 1 aromatic heterocycles. The summed E-state index contributed by atoms with van der Waals surface area (Å²) in [5, 5.41) is 9.90. The van der Waals surface area contributed by atoms with Crippen LogP contribution in [0.3, 0.4) is 0 Å². The van der Waals surface area contributed by atoms with E-state index in [1.807, 2.05) is 17.2 Å². The molecular weight excluding hydrogens is 472 g/mol. The van der Waals surface area contributed by atoms with Gasteiger partial charge in [-0.15, -0.1) is 0 Å². The monoisotopic (exact) mass is 516 g/mol. The lowest BCUT2D eigenvalue weighted by atomic mass is 9.75. The maximum atomic E-state index is 11.5. The Labute approximate surface area is 228 Å². The van der Waals surface area contributed by atoms with Crippen molar-refractivity contribution in [2.24, 2.45) is 5.92 Å². The predicted molar refractivity (Wildman–Crippen MR) is 155 cm³/mol. The Hall–Kier alpha value is -2.76. The first-order chi connectivity index (χ1) is 18.6. The number of piperidine rings is 1. The van der Waals surface area contributed by atoms with E-state index in [0.29, 0.717) is 11.8 Å². The fraction of sp³-hybridized carbons (Fsp3) is 0.515. The number of unbranched alkanes of at least 4 members (excludes halogenated alkanes) is 1. The van der Waals surface area contributed by atoms with Crippen LogP contribution < -0.4 is 0 Å². The molecule has 2 atom stereocenters. The van der Waals surface area contributed by atoms with Crippen LogP contribution in [0.4, 0.5) is 0 Å². The summed E-state index contributed by atoms with van der Waals surface area (Å²) in [4.78, 5) is 18.2. The molecule has 3 aromatic rings. The summed E-state index contributed by atoms with van der Waals surface area (Å²) in [6.45, 7) is 4.73. The minimum absolute atomic E-state index is 0.0463. The lowest BCUT2D eigenvalue weighted by Crippen LogP contribution is -2.37. The van der Waals surface area contributed by atoms with Gasteiger partial charge in [0, 0.05) is 44.0 Å². The Morgan fingerprint density at radius 1 is 1.08 bits per heavy atom. The van der Waals surface area contributed by atoms with Crippen molar-refractivity contribution in [3.05, 3.63) is 65.9 Å². The molecule has 5 nitrogen and oxygen atoms in total. The molecule has 2 aliphatic rings. The first-order valence-electron chi connectivity index (χ1n) is 14.4. The number of aliphatic hydroxyl groups is 1. The summed E-state index contributed by atoms with van der Waals surface area (Å²) >= 11 is 0. The van der Waals surface area contributed by atoms with Gasteiger partial charge in [0.15, 0.2) is 0 Å². The summed E-state index contributed by atoms with van der Waals surface area (Å²) in [7, 11) is 1.77. The average molecular weight is 517 g/mol. The summed E-state index contributed by atoms with van der Waals surface area (Å²) in [5.41, 5.74) is 6.20. The number of ether oxygens (including phenoxy) is 1. The second-order valence-corrected chi connectivity index (χ2v) is 11.0. The topological polar surface area (TPSA) is 62.7 Å². The standard InChI is InChI=1S/C28H34N2O2.C5H10O/c1-21-9-7-13-26(28(21)24-17-22-10-3-4-14-27(22)29-18-24)25(12-5-6-16-32-2)23-11-8-15-30(19-23)20-31;6-5-3-1-2-4-5/h3-4,7,9-10,13-14,17-18,20,23,25H,5-6,8,11-12,15-16,19H2,1-2H3;5-6H,1-4H2. The number of pyridine rings is 1. The van der Waals surface area contributed by atoms with Crippen molar-refractivity contribution in [3.63, 3.8) is 0 Å². The van der Waals surface area contributed by atoms with Gasteiger partial charge in [-0.1, -0.05) is 55.7 Å². The third-order valence-corrected chi connectivity index (χ3v) is 8.23. The van der Waals surface area contributed by atoms with Gasteiger partial charge in [0.05, 0.1) is 11.6 Å². The second-order valence-electron chi connectivity index (χ2n) is 11.0. The Kier molecular flexibility index (Phi) is 10.7. The van der Waals surface area contributed by atoms with E-state index in [-0.39, 0.29) is 6.10 Å². The molecule has 1 amide bonds. The van der Waals surface area contributed by atoms with E-state index in [4.69, 9.17) is 14.8 Å². The van der Waals surface area contributed by atoms with E-state index in [0.717, 1.165) is 70.1 Å². The number of hydrogen-bond acceptors (Lipinski definition) is 4. The fourth-order valence-corrected chi connectivity index (χ4v) is 6.23. The van der Waals surface area contributed by atoms with E-state index in [2.05, 4.69) is 49.4 Å². The van der Waals surface area contributed by atoms with Crippen LogP contribution in [0.15, 0.2) is 54.7 Å². The van der Waals surface area contributed by atoms with Crippen molar-refractivity contribution >= 4 is 17.3 Å². The maximum Gasteiger partial charge on any atom is 0.209 e. The highest BCUT2D eigenvalue weighted by Gasteiger charge is 2.30. The number of fused-ring (bicyclic) bond motifs is 1. The number of nitrogens with zero attached hydrogens (tertiary/aromatic N) is 2. The molecule has 1 saturated carbocycles. The van der Waals surface area contributed by atoms with Gasteiger partial charge in [-0.3, -0.25) is 9.78 Å². The minimum atomic E-state index is 0.0463. The van der Waals surface area contributed by atoms with Crippen LogP contribution in [0.1, 0.15) is 74.8 Å². The zero-order valence-electron chi connectivity index (χ0n) is 23.1. The van der Waals surface area contributed by atoms with Crippen LogP contribution in [-0.4, -0.2) is 54.3 Å². The van der Waals surface area contributed by atoms with Gasteiger partial charge in [-0.25, -0.2) is 0 Å². The highest BCUT2D eigenvalue weighted by molar-refractivity contribution is 5.85. The SMILES string of the molecule is COCCCCC(c1cccc(C)c1-c1cnc2ccccc2c1)C1CCCN(C=O)C1.OC1CCCC1. The number of benzene rings is 2. The number of rotatable bonds is 9. The van der Waals surface area contributed by atoms with Crippen molar-refractivity contribution in [3.8, 4) is 11.1 Å². The van der Waals surface area contributed by atoms with Crippen molar-refractivity contribution < 1.29 is 14.6 Å². The van der Waals surface area contributed by atoms with Gasteiger partial charge in [0.1, 0.15) is 0 Å². The third kappa shape index (κ3) is 7.42. The maximum absolute atomic E-state index is 11.5. The number of likely N-dealkylation sites (tertiary alicyclic amines) is 1. The quantitative estimate of drug-likeness (QED) is 0.248. The fourth-order valence-electron chi connectivity index (χ4n) is 6.23. The van der Waals surface area contributed by atoms with Gasteiger partial charge in [-0.2, -0.15) is 0 Å². The lowest BCUT2D eigenvalue weighted by molar-refractivity contribution is -0.119. The molecule has 1 aliphatic heterocycles. The molecule has 0 radical (unpaired) electrons. The molecule has 1 aliphatic carbocycles. The van der Waals surface area contributed by atoms with Crippen molar-refractivity contribution in [2.45, 2.75) is 76.7 Å². The molecule has 2 aromatic carbocycles. The first kappa shape index (κ1) is 28.3. The van der Waals surface area contributed by atoms with Crippen LogP contribution >= 0.6 is 0 Å². The van der Waals surface area contributed by atoms with Crippen molar-refractivity contribution in [1.82, 2.24) is 9.88 Å². The summed E-state index contributed by atoms with van der Waals surface area (Å²) < 4.78 is 5.30. The molecule has 0 bridgehead atoms. The molecule has 38 heavy (non-hydrogen) atoms. The Morgan fingerprint density at radius 3 is 2.63 bits per heavy atom. The molecular formula is C33H44N2O3. The Balaban J connectivity index is 0.000000494. The van der Waals surface area contributed by atoms with E-state index in [9.17, 15) is 4.79 Å². The zero-order chi connectivity index (χ0) is 26.7. The smallest absolute Gasteiger partial charge is 0.209 e. The number of methoxy groups -OCH3 is 1. The van der Waals surface area contributed by atoms with E-state index in [1.54, 1.807) is 7.11 Å².